The summed E-state index contributed by atoms with van der Waals surface area (Å²) in [6, 6.07) is 9.54. The molecule has 1 aromatic carbocycles. The van der Waals surface area contributed by atoms with E-state index >= 15 is 0 Å². The van der Waals surface area contributed by atoms with Gasteiger partial charge < -0.3 is 4.74 Å². The Morgan fingerprint density at radius 1 is 1.00 bits per heavy atom. The zero-order valence-electron chi connectivity index (χ0n) is 11.6. The van der Waals surface area contributed by atoms with Gasteiger partial charge in [0, 0.05) is 12.8 Å². The van der Waals surface area contributed by atoms with Crippen LogP contribution in [0.5, 0.6) is 0 Å². The van der Waals surface area contributed by atoms with Crippen molar-refractivity contribution in [3.05, 3.63) is 35.9 Å². The summed E-state index contributed by atoms with van der Waals surface area (Å²) in [5.74, 6) is -0.141. The number of hydrogen-bond acceptors (Lipinski definition) is 3. The molecule has 0 saturated carbocycles. The molecule has 1 rings (SSSR count). The molecule has 0 radical (unpaired) electrons. The van der Waals surface area contributed by atoms with Crippen LogP contribution >= 0.6 is 0 Å². The minimum Gasteiger partial charge on any atom is -0.461 e. The molecule has 104 valence electrons. The zero-order chi connectivity index (χ0) is 13.9. The summed E-state index contributed by atoms with van der Waals surface area (Å²) in [7, 11) is 0. The second kappa shape index (κ2) is 9.31. The van der Waals surface area contributed by atoms with Gasteiger partial charge in [-0.15, -0.1) is 0 Å². The molecule has 0 aliphatic carbocycles. The van der Waals surface area contributed by atoms with E-state index < -0.39 is 0 Å². The Kier molecular flexibility index (Phi) is 7.56. The van der Waals surface area contributed by atoms with Gasteiger partial charge in [-0.1, -0.05) is 50.1 Å². The van der Waals surface area contributed by atoms with Gasteiger partial charge in [-0.2, -0.15) is 0 Å². The number of esters is 1. The highest BCUT2D eigenvalue weighted by Crippen LogP contribution is 2.06. The molecule has 1 aromatic rings. The van der Waals surface area contributed by atoms with E-state index in [1.54, 1.807) is 0 Å². The van der Waals surface area contributed by atoms with Crippen molar-refractivity contribution >= 4 is 11.8 Å². The minimum absolute atomic E-state index is 0.158. The van der Waals surface area contributed by atoms with E-state index in [1.807, 2.05) is 30.3 Å². The van der Waals surface area contributed by atoms with Crippen molar-refractivity contribution in [2.24, 2.45) is 0 Å². The molecule has 0 N–H and O–H groups in total. The van der Waals surface area contributed by atoms with Crippen molar-refractivity contribution in [1.82, 2.24) is 0 Å². The summed E-state index contributed by atoms with van der Waals surface area (Å²) in [5.41, 5.74) is 0.963. The Bertz CT molecular complexity index is 384. The van der Waals surface area contributed by atoms with E-state index in [1.165, 1.54) is 0 Å². The topological polar surface area (TPSA) is 43.4 Å². The largest absolute Gasteiger partial charge is 0.461 e. The highest BCUT2D eigenvalue weighted by Gasteiger charge is 2.08. The fourth-order valence-corrected chi connectivity index (χ4v) is 1.75. The predicted octanol–water partition coefficient (Wildman–Crippen LogP) is 3.66. The fraction of sp³-hybridized carbons (Fsp3) is 0.500. The first-order valence-corrected chi connectivity index (χ1v) is 6.93. The van der Waals surface area contributed by atoms with Crippen molar-refractivity contribution in [2.45, 2.75) is 52.1 Å². The Labute approximate surface area is 115 Å². The van der Waals surface area contributed by atoms with Crippen molar-refractivity contribution < 1.29 is 14.3 Å². The SMILES string of the molecule is CCCCCC(=O)CCC(=O)OCc1ccccc1. The van der Waals surface area contributed by atoms with E-state index in [0.717, 1.165) is 24.8 Å². The normalized spacial score (nSPS) is 10.2. The Balaban J connectivity index is 2.12. The molecule has 0 fully saturated rings. The van der Waals surface area contributed by atoms with E-state index in [2.05, 4.69) is 6.92 Å². The van der Waals surface area contributed by atoms with Gasteiger partial charge in [0.1, 0.15) is 12.4 Å². The number of rotatable bonds is 9. The molecular formula is C16H22O3. The summed E-state index contributed by atoms with van der Waals surface area (Å²) in [5, 5.41) is 0. The Hall–Kier alpha value is -1.64. The molecule has 0 unspecified atom stereocenters. The maximum absolute atomic E-state index is 11.5. The molecule has 3 nitrogen and oxygen atoms in total. The third kappa shape index (κ3) is 7.39. The summed E-state index contributed by atoms with van der Waals surface area (Å²) < 4.78 is 5.11. The van der Waals surface area contributed by atoms with E-state index in [0.29, 0.717) is 12.8 Å². The van der Waals surface area contributed by atoms with Crippen LogP contribution < -0.4 is 0 Å². The third-order valence-electron chi connectivity index (χ3n) is 2.91. The second-order valence-corrected chi connectivity index (χ2v) is 4.64. The first-order valence-electron chi connectivity index (χ1n) is 6.93. The maximum Gasteiger partial charge on any atom is 0.306 e. The summed E-state index contributed by atoms with van der Waals surface area (Å²) in [4.78, 5) is 23.0. The molecule has 0 aliphatic heterocycles. The van der Waals surface area contributed by atoms with Crippen molar-refractivity contribution in [3.63, 3.8) is 0 Å². The molecule has 0 spiro atoms. The van der Waals surface area contributed by atoms with Gasteiger partial charge >= 0.3 is 5.97 Å². The molecule has 3 heteroatoms. The van der Waals surface area contributed by atoms with Crippen molar-refractivity contribution in [2.75, 3.05) is 0 Å². The lowest BCUT2D eigenvalue weighted by Gasteiger charge is -2.04. The predicted molar refractivity (Wildman–Crippen MR) is 74.6 cm³/mol. The molecule has 0 aromatic heterocycles. The van der Waals surface area contributed by atoms with Gasteiger partial charge in [0.05, 0.1) is 6.42 Å². The van der Waals surface area contributed by atoms with Crippen LogP contribution in [0.15, 0.2) is 30.3 Å². The molecule has 19 heavy (non-hydrogen) atoms. The van der Waals surface area contributed by atoms with Crippen LogP contribution in [-0.4, -0.2) is 11.8 Å². The van der Waals surface area contributed by atoms with Gasteiger partial charge in [0.25, 0.3) is 0 Å². The van der Waals surface area contributed by atoms with Crippen LogP contribution in [0.25, 0.3) is 0 Å². The average molecular weight is 262 g/mol. The van der Waals surface area contributed by atoms with E-state index in [4.69, 9.17) is 4.74 Å². The van der Waals surface area contributed by atoms with Crippen LogP contribution in [0.1, 0.15) is 51.0 Å². The van der Waals surface area contributed by atoms with Gasteiger partial charge in [-0.25, -0.2) is 0 Å². The molecule has 0 aliphatic rings. The van der Waals surface area contributed by atoms with Gasteiger partial charge in [-0.05, 0) is 12.0 Å². The molecule has 0 saturated heterocycles. The number of ether oxygens (including phenoxy) is 1. The number of carbonyl (C=O) groups excluding carboxylic acids is 2. The summed E-state index contributed by atoms with van der Waals surface area (Å²) in [6.07, 6.45) is 4.18. The number of hydrogen-bond donors (Lipinski definition) is 0. The summed E-state index contributed by atoms with van der Waals surface area (Å²) in [6.45, 7) is 2.38. The third-order valence-corrected chi connectivity index (χ3v) is 2.91. The average Bonchev–Trinajstić information content (AvgIpc) is 2.44. The number of unbranched alkanes of at least 4 members (excludes halogenated alkanes) is 2. The van der Waals surface area contributed by atoms with Crippen molar-refractivity contribution in [3.8, 4) is 0 Å². The lowest BCUT2D eigenvalue weighted by molar-refractivity contribution is -0.146. The monoisotopic (exact) mass is 262 g/mol. The molecule has 0 bridgehead atoms. The van der Waals surface area contributed by atoms with Gasteiger partial charge in [0.2, 0.25) is 0 Å². The molecule has 0 atom stereocenters. The van der Waals surface area contributed by atoms with E-state index in [9.17, 15) is 9.59 Å². The quantitative estimate of drug-likeness (QED) is 0.504. The van der Waals surface area contributed by atoms with Gasteiger partial charge in [-0.3, -0.25) is 9.59 Å². The Morgan fingerprint density at radius 2 is 1.74 bits per heavy atom. The van der Waals surface area contributed by atoms with Crippen molar-refractivity contribution in [1.29, 1.82) is 0 Å². The smallest absolute Gasteiger partial charge is 0.306 e. The highest BCUT2D eigenvalue weighted by atomic mass is 16.5. The zero-order valence-corrected chi connectivity index (χ0v) is 11.6. The first kappa shape index (κ1) is 15.4. The lowest BCUT2D eigenvalue weighted by atomic mass is 10.1. The minimum atomic E-state index is -0.298. The number of benzene rings is 1. The molecule has 0 amide bonds. The summed E-state index contributed by atoms with van der Waals surface area (Å²) >= 11 is 0. The van der Waals surface area contributed by atoms with Crippen LogP contribution in [0.4, 0.5) is 0 Å². The van der Waals surface area contributed by atoms with Crippen LogP contribution in [0.2, 0.25) is 0 Å². The first-order chi connectivity index (χ1) is 9.22. The van der Waals surface area contributed by atoms with Crippen LogP contribution in [-0.2, 0) is 20.9 Å². The van der Waals surface area contributed by atoms with E-state index in [-0.39, 0.29) is 24.8 Å². The lowest BCUT2D eigenvalue weighted by Crippen LogP contribution is -2.08. The Morgan fingerprint density at radius 3 is 2.42 bits per heavy atom. The molecular weight excluding hydrogens is 240 g/mol. The molecule has 0 heterocycles. The van der Waals surface area contributed by atoms with Crippen LogP contribution in [0.3, 0.4) is 0 Å². The number of Topliss-reactive ketones (excluding diaryl/α,β-unsaturated/α-hetero) is 1. The van der Waals surface area contributed by atoms with Crippen LogP contribution in [0, 0.1) is 0 Å². The maximum atomic E-state index is 11.5. The number of carbonyl (C=O) groups is 2. The highest BCUT2D eigenvalue weighted by molar-refractivity contribution is 5.82. The standard InChI is InChI=1S/C16H22O3/c1-2-3-5-10-15(17)11-12-16(18)19-13-14-8-6-4-7-9-14/h4,6-9H,2-3,5,10-13H2,1H3. The fourth-order valence-electron chi connectivity index (χ4n) is 1.75. The number of ketones is 1. The second-order valence-electron chi connectivity index (χ2n) is 4.64. The van der Waals surface area contributed by atoms with Gasteiger partial charge in [0.15, 0.2) is 0 Å².